The number of aliphatic hydroxyl groups is 1. The van der Waals surface area contributed by atoms with Crippen LogP contribution in [0.5, 0.6) is 0 Å². The molecule has 1 saturated heterocycles. The molecule has 2 aliphatic rings. The van der Waals surface area contributed by atoms with E-state index >= 15 is 0 Å². The van der Waals surface area contributed by atoms with E-state index < -0.39 is 12.0 Å². The molecule has 3 rings (SSSR count). The van der Waals surface area contributed by atoms with E-state index in [1.165, 1.54) is 0 Å². The number of piperazine rings is 1. The summed E-state index contributed by atoms with van der Waals surface area (Å²) in [6, 6.07) is 3.25. The fraction of sp³-hybridized carbons (Fsp3) is 0.250. The molecule has 104 valence electrons. The number of nitrogens with one attached hydrogen (secondary N) is 2. The van der Waals surface area contributed by atoms with Gasteiger partial charge in [0, 0.05) is 15.7 Å². The van der Waals surface area contributed by atoms with Crippen molar-refractivity contribution in [1.82, 2.24) is 5.32 Å². The van der Waals surface area contributed by atoms with E-state index in [1.807, 2.05) is 0 Å². The first-order chi connectivity index (χ1) is 9.45. The summed E-state index contributed by atoms with van der Waals surface area (Å²) in [7, 11) is 0. The third-order valence-corrected chi connectivity index (χ3v) is 3.84. The molecule has 0 aliphatic carbocycles. The summed E-state index contributed by atoms with van der Waals surface area (Å²) in [5, 5.41) is 14.5. The van der Waals surface area contributed by atoms with Crippen LogP contribution < -0.4 is 15.5 Å². The summed E-state index contributed by atoms with van der Waals surface area (Å²) in [4.78, 5) is 35.8. The van der Waals surface area contributed by atoms with Crippen molar-refractivity contribution in [3.05, 3.63) is 22.2 Å². The number of hydrogen-bond donors (Lipinski definition) is 3. The molecule has 3 N–H and O–H groups in total. The molecule has 2 aliphatic heterocycles. The number of fused-ring (bicyclic) bond motifs is 1. The van der Waals surface area contributed by atoms with Gasteiger partial charge in [0.2, 0.25) is 11.8 Å². The van der Waals surface area contributed by atoms with Crippen molar-refractivity contribution in [2.24, 2.45) is 0 Å². The minimum Gasteiger partial charge on any atom is -0.378 e. The first kappa shape index (κ1) is 13.1. The maximum absolute atomic E-state index is 11.4. The molecule has 1 fully saturated rings. The fourth-order valence-corrected chi connectivity index (χ4v) is 2.92. The predicted octanol–water partition coefficient (Wildman–Crippen LogP) is -0.103. The molecular weight excluding hydrogens is 330 g/mol. The Balaban J connectivity index is 1.99. The molecule has 1 atom stereocenters. The Kier molecular flexibility index (Phi) is 2.98. The standard InChI is InChI=1S/C12H10BrN3O4/c13-6-1-5-7(14-12(20)11(5)19)2-8(6)16-3-9(17)15-10(18)4-16/h1-2,11,19H,3-4H2,(H,14,20)(H,15,17,18). The minimum atomic E-state index is -1.19. The first-order valence-corrected chi connectivity index (χ1v) is 6.65. The molecule has 0 saturated carbocycles. The molecule has 0 bridgehead atoms. The van der Waals surface area contributed by atoms with E-state index in [0.717, 1.165) is 0 Å². The Morgan fingerprint density at radius 3 is 2.45 bits per heavy atom. The number of hydrogen-bond acceptors (Lipinski definition) is 5. The zero-order chi connectivity index (χ0) is 14.4. The van der Waals surface area contributed by atoms with Crippen molar-refractivity contribution in [1.29, 1.82) is 0 Å². The highest BCUT2D eigenvalue weighted by molar-refractivity contribution is 9.10. The molecule has 1 unspecified atom stereocenters. The first-order valence-electron chi connectivity index (χ1n) is 5.85. The number of nitrogens with zero attached hydrogens (tertiary/aromatic N) is 1. The Morgan fingerprint density at radius 2 is 1.80 bits per heavy atom. The summed E-state index contributed by atoms with van der Waals surface area (Å²) < 4.78 is 0.606. The second-order valence-electron chi connectivity index (χ2n) is 4.61. The minimum absolute atomic E-state index is 0.0552. The highest BCUT2D eigenvalue weighted by atomic mass is 79.9. The van der Waals surface area contributed by atoms with Crippen molar-refractivity contribution < 1.29 is 19.5 Å². The van der Waals surface area contributed by atoms with Gasteiger partial charge in [0.05, 0.1) is 18.8 Å². The number of imide groups is 1. The van der Waals surface area contributed by atoms with Crippen LogP contribution in [-0.2, 0) is 14.4 Å². The molecule has 0 aromatic heterocycles. The van der Waals surface area contributed by atoms with Crippen LogP contribution in [0.15, 0.2) is 16.6 Å². The monoisotopic (exact) mass is 339 g/mol. The second kappa shape index (κ2) is 4.57. The van der Waals surface area contributed by atoms with E-state index in [9.17, 15) is 19.5 Å². The summed E-state index contributed by atoms with van der Waals surface area (Å²) in [5.74, 6) is -1.24. The van der Waals surface area contributed by atoms with Gasteiger partial charge in [-0.2, -0.15) is 0 Å². The predicted molar refractivity (Wildman–Crippen MR) is 73.1 cm³/mol. The van der Waals surface area contributed by atoms with Gasteiger partial charge in [-0.05, 0) is 28.1 Å². The SMILES string of the molecule is O=C1CN(c2cc3c(cc2Br)C(O)C(=O)N3)CC(=O)N1. The van der Waals surface area contributed by atoms with Crippen LogP contribution >= 0.6 is 15.9 Å². The maximum Gasteiger partial charge on any atom is 0.257 e. The van der Waals surface area contributed by atoms with Gasteiger partial charge in [-0.15, -0.1) is 0 Å². The molecule has 0 spiro atoms. The topological polar surface area (TPSA) is 98.7 Å². The number of amides is 3. The maximum atomic E-state index is 11.4. The summed E-state index contributed by atoms with van der Waals surface area (Å²) >= 11 is 3.34. The third kappa shape index (κ3) is 2.06. The van der Waals surface area contributed by atoms with Crippen LogP contribution in [0.1, 0.15) is 11.7 Å². The summed E-state index contributed by atoms with van der Waals surface area (Å²) in [5.41, 5.74) is 1.57. The lowest BCUT2D eigenvalue weighted by Gasteiger charge is -2.28. The van der Waals surface area contributed by atoms with Gasteiger partial charge in [-0.1, -0.05) is 0 Å². The lowest BCUT2D eigenvalue weighted by molar-refractivity contribution is -0.130. The van der Waals surface area contributed by atoms with Gasteiger partial charge in [-0.3, -0.25) is 19.7 Å². The number of aliphatic hydroxyl groups excluding tert-OH is 1. The Hall–Kier alpha value is -1.93. The lowest BCUT2D eigenvalue weighted by Crippen LogP contribution is -2.51. The van der Waals surface area contributed by atoms with E-state index in [0.29, 0.717) is 21.4 Å². The largest absolute Gasteiger partial charge is 0.378 e. The molecular formula is C12H10BrN3O4. The van der Waals surface area contributed by atoms with Gasteiger partial charge in [0.15, 0.2) is 6.10 Å². The number of benzene rings is 1. The zero-order valence-electron chi connectivity index (χ0n) is 10.1. The fourth-order valence-electron chi connectivity index (χ4n) is 2.30. The number of anilines is 2. The van der Waals surface area contributed by atoms with Crippen LogP contribution in [0.3, 0.4) is 0 Å². The second-order valence-corrected chi connectivity index (χ2v) is 5.46. The van der Waals surface area contributed by atoms with E-state index in [4.69, 9.17) is 0 Å². The quantitative estimate of drug-likeness (QED) is 0.620. The molecule has 20 heavy (non-hydrogen) atoms. The van der Waals surface area contributed by atoms with E-state index in [2.05, 4.69) is 26.6 Å². The summed E-state index contributed by atoms with van der Waals surface area (Å²) in [6.45, 7) is 0.110. The third-order valence-electron chi connectivity index (χ3n) is 3.21. The van der Waals surface area contributed by atoms with Crippen molar-refractivity contribution in [3.8, 4) is 0 Å². The van der Waals surface area contributed by atoms with Gasteiger partial charge in [0.25, 0.3) is 5.91 Å². The van der Waals surface area contributed by atoms with Crippen LogP contribution in [0.4, 0.5) is 11.4 Å². The van der Waals surface area contributed by atoms with Gasteiger partial charge >= 0.3 is 0 Å². The average molecular weight is 340 g/mol. The zero-order valence-corrected chi connectivity index (χ0v) is 11.7. The number of carbonyl (C=O) groups is 3. The van der Waals surface area contributed by atoms with Gasteiger partial charge in [0.1, 0.15) is 0 Å². The lowest BCUT2D eigenvalue weighted by atomic mass is 10.1. The van der Waals surface area contributed by atoms with Crippen LogP contribution in [0, 0.1) is 0 Å². The molecule has 2 heterocycles. The van der Waals surface area contributed by atoms with Crippen molar-refractivity contribution in [3.63, 3.8) is 0 Å². The molecule has 7 nitrogen and oxygen atoms in total. The molecule has 8 heteroatoms. The van der Waals surface area contributed by atoms with Crippen LogP contribution in [0.2, 0.25) is 0 Å². The van der Waals surface area contributed by atoms with Crippen molar-refractivity contribution in [2.75, 3.05) is 23.3 Å². The number of halogens is 1. The molecule has 0 radical (unpaired) electrons. The van der Waals surface area contributed by atoms with E-state index in [1.54, 1.807) is 17.0 Å². The molecule has 1 aromatic carbocycles. The summed E-state index contributed by atoms with van der Waals surface area (Å²) in [6.07, 6.45) is -1.19. The van der Waals surface area contributed by atoms with Crippen molar-refractivity contribution in [2.45, 2.75) is 6.10 Å². The van der Waals surface area contributed by atoms with Gasteiger partial charge in [-0.25, -0.2) is 0 Å². The highest BCUT2D eigenvalue weighted by Gasteiger charge is 2.31. The van der Waals surface area contributed by atoms with Crippen LogP contribution in [0.25, 0.3) is 0 Å². The Labute approximate surface area is 122 Å². The normalized spacial score (nSPS) is 21.6. The van der Waals surface area contributed by atoms with E-state index in [-0.39, 0.29) is 24.9 Å². The highest BCUT2D eigenvalue weighted by Crippen LogP contribution is 2.39. The smallest absolute Gasteiger partial charge is 0.257 e. The Bertz CT molecular complexity index is 630. The Morgan fingerprint density at radius 1 is 1.15 bits per heavy atom. The van der Waals surface area contributed by atoms with Crippen molar-refractivity contribution >= 4 is 45.0 Å². The number of rotatable bonds is 1. The number of carbonyl (C=O) groups excluding carboxylic acids is 3. The van der Waals surface area contributed by atoms with Gasteiger partial charge < -0.3 is 15.3 Å². The van der Waals surface area contributed by atoms with Crippen LogP contribution in [-0.4, -0.2) is 35.9 Å². The molecule has 3 amide bonds. The average Bonchev–Trinajstić information content (AvgIpc) is 2.63. The molecule has 1 aromatic rings.